The lowest BCUT2D eigenvalue weighted by molar-refractivity contribution is -0.136. The van der Waals surface area contributed by atoms with E-state index in [0.29, 0.717) is 18.5 Å². The van der Waals surface area contributed by atoms with Gasteiger partial charge in [-0.25, -0.2) is 0 Å². The molecule has 1 saturated heterocycles. The van der Waals surface area contributed by atoms with Crippen molar-refractivity contribution in [2.45, 2.75) is 58.5 Å². The molecule has 1 aliphatic heterocycles. The van der Waals surface area contributed by atoms with Gasteiger partial charge in [-0.05, 0) is 57.2 Å². The molecule has 0 spiro atoms. The van der Waals surface area contributed by atoms with Crippen molar-refractivity contribution in [3.05, 3.63) is 29.3 Å². The normalized spacial score (nSPS) is 22.7. The molecule has 1 aromatic rings. The molecule has 0 N–H and O–H groups in total. The molecule has 1 aliphatic rings. The van der Waals surface area contributed by atoms with Gasteiger partial charge in [-0.3, -0.25) is 4.79 Å². The number of rotatable bonds is 3. The zero-order valence-corrected chi connectivity index (χ0v) is 13.0. The van der Waals surface area contributed by atoms with Gasteiger partial charge in [0.2, 0.25) is 5.91 Å². The Labute approximate surface area is 121 Å². The minimum absolute atomic E-state index is 0.245. The van der Waals surface area contributed by atoms with Crippen molar-refractivity contribution in [3.8, 4) is 5.75 Å². The maximum absolute atomic E-state index is 12.5. The van der Waals surface area contributed by atoms with Gasteiger partial charge in [0.15, 0.2) is 0 Å². The molecule has 1 heterocycles. The molecule has 2 rings (SSSR count). The first kappa shape index (κ1) is 14.9. The summed E-state index contributed by atoms with van der Waals surface area (Å²) in [6.07, 6.45) is 3.96. The van der Waals surface area contributed by atoms with E-state index in [1.54, 1.807) is 7.11 Å². The lowest BCUT2D eigenvalue weighted by Crippen LogP contribution is -2.48. The van der Waals surface area contributed by atoms with E-state index in [0.717, 1.165) is 29.7 Å². The Kier molecular flexibility index (Phi) is 4.69. The fourth-order valence-electron chi connectivity index (χ4n) is 3.23. The van der Waals surface area contributed by atoms with Crippen LogP contribution in [0.5, 0.6) is 5.75 Å². The number of methoxy groups -OCH3 is 1. The Balaban J connectivity index is 2.09. The number of likely N-dealkylation sites (tertiary alicyclic amines) is 1. The van der Waals surface area contributed by atoms with Crippen molar-refractivity contribution in [1.82, 2.24) is 4.90 Å². The average molecular weight is 275 g/mol. The molecule has 2 unspecified atom stereocenters. The number of hydrogen-bond acceptors (Lipinski definition) is 2. The highest BCUT2D eigenvalue weighted by atomic mass is 16.5. The molecule has 1 fully saturated rings. The van der Waals surface area contributed by atoms with Crippen LogP contribution in [0.3, 0.4) is 0 Å². The highest BCUT2D eigenvalue weighted by Gasteiger charge is 2.28. The monoisotopic (exact) mass is 275 g/mol. The second-order valence-corrected chi connectivity index (χ2v) is 5.91. The van der Waals surface area contributed by atoms with E-state index in [-0.39, 0.29) is 5.91 Å². The van der Waals surface area contributed by atoms with Gasteiger partial charge in [0, 0.05) is 12.1 Å². The Hall–Kier alpha value is -1.51. The summed E-state index contributed by atoms with van der Waals surface area (Å²) in [4.78, 5) is 14.6. The number of hydrogen-bond donors (Lipinski definition) is 0. The van der Waals surface area contributed by atoms with Gasteiger partial charge in [0.1, 0.15) is 5.75 Å². The highest BCUT2D eigenvalue weighted by Crippen LogP contribution is 2.24. The van der Waals surface area contributed by atoms with Crippen LogP contribution >= 0.6 is 0 Å². The minimum Gasteiger partial charge on any atom is -0.496 e. The SMILES string of the molecule is COc1ccc(CC(=O)N2C(C)CCCC2C)cc1C. The molecule has 0 radical (unpaired) electrons. The smallest absolute Gasteiger partial charge is 0.227 e. The van der Waals surface area contributed by atoms with E-state index < -0.39 is 0 Å². The summed E-state index contributed by atoms with van der Waals surface area (Å²) in [6.45, 7) is 6.33. The first-order chi connectivity index (χ1) is 9.52. The Bertz CT molecular complexity index is 474. The quantitative estimate of drug-likeness (QED) is 0.846. The van der Waals surface area contributed by atoms with E-state index in [9.17, 15) is 4.79 Å². The number of aryl methyl sites for hydroxylation is 1. The van der Waals surface area contributed by atoms with E-state index in [1.807, 2.05) is 19.1 Å². The van der Waals surface area contributed by atoms with E-state index in [1.165, 1.54) is 6.42 Å². The third-order valence-corrected chi connectivity index (χ3v) is 4.30. The molecule has 3 heteroatoms. The Morgan fingerprint density at radius 2 is 1.95 bits per heavy atom. The van der Waals surface area contributed by atoms with Crippen LogP contribution in [0.4, 0.5) is 0 Å². The summed E-state index contributed by atoms with van der Waals surface area (Å²) in [5.41, 5.74) is 2.15. The average Bonchev–Trinajstić information content (AvgIpc) is 2.38. The lowest BCUT2D eigenvalue weighted by Gasteiger charge is -2.39. The van der Waals surface area contributed by atoms with Crippen molar-refractivity contribution in [3.63, 3.8) is 0 Å². The third kappa shape index (κ3) is 3.14. The summed E-state index contributed by atoms with van der Waals surface area (Å²) in [5, 5.41) is 0. The van der Waals surface area contributed by atoms with Crippen molar-refractivity contribution in [2.75, 3.05) is 7.11 Å². The molecular formula is C17H25NO2. The third-order valence-electron chi connectivity index (χ3n) is 4.30. The molecule has 0 aliphatic carbocycles. The molecule has 0 saturated carbocycles. The number of amides is 1. The van der Waals surface area contributed by atoms with Crippen LogP contribution in [-0.4, -0.2) is 30.0 Å². The summed E-state index contributed by atoms with van der Waals surface area (Å²) in [6, 6.07) is 6.72. The number of benzene rings is 1. The van der Waals surface area contributed by atoms with Gasteiger partial charge in [0.05, 0.1) is 13.5 Å². The largest absolute Gasteiger partial charge is 0.496 e. The number of ether oxygens (including phenoxy) is 1. The van der Waals surface area contributed by atoms with Gasteiger partial charge in [-0.1, -0.05) is 12.1 Å². The van der Waals surface area contributed by atoms with Crippen LogP contribution in [0.25, 0.3) is 0 Å². The van der Waals surface area contributed by atoms with Crippen molar-refractivity contribution >= 4 is 5.91 Å². The Morgan fingerprint density at radius 3 is 2.50 bits per heavy atom. The van der Waals surface area contributed by atoms with Crippen LogP contribution in [0.2, 0.25) is 0 Å². The van der Waals surface area contributed by atoms with Crippen LogP contribution < -0.4 is 4.74 Å². The van der Waals surface area contributed by atoms with Crippen molar-refractivity contribution < 1.29 is 9.53 Å². The van der Waals surface area contributed by atoms with Crippen molar-refractivity contribution in [2.24, 2.45) is 0 Å². The molecular weight excluding hydrogens is 250 g/mol. The number of nitrogens with zero attached hydrogens (tertiary/aromatic N) is 1. The molecule has 0 aromatic heterocycles. The second-order valence-electron chi connectivity index (χ2n) is 5.91. The maximum Gasteiger partial charge on any atom is 0.227 e. The van der Waals surface area contributed by atoms with Gasteiger partial charge in [0.25, 0.3) is 0 Å². The predicted molar refractivity (Wildman–Crippen MR) is 81.1 cm³/mol. The Morgan fingerprint density at radius 1 is 1.30 bits per heavy atom. The lowest BCUT2D eigenvalue weighted by atomic mass is 9.96. The summed E-state index contributed by atoms with van der Waals surface area (Å²) in [5.74, 6) is 1.12. The van der Waals surface area contributed by atoms with E-state index in [4.69, 9.17) is 4.74 Å². The maximum atomic E-state index is 12.5. The molecule has 110 valence electrons. The van der Waals surface area contributed by atoms with Gasteiger partial charge >= 0.3 is 0 Å². The zero-order valence-electron chi connectivity index (χ0n) is 13.0. The number of carbonyl (C=O) groups is 1. The van der Waals surface area contributed by atoms with Crippen LogP contribution in [0.15, 0.2) is 18.2 Å². The first-order valence-electron chi connectivity index (χ1n) is 7.47. The van der Waals surface area contributed by atoms with Crippen molar-refractivity contribution in [1.29, 1.82) is 0 Å². The van der Waals surface area contributed by atoms with Crippen LogP contribution in [0.1, 0.15) is 44.2 Å². The topological polar surface area (TPSA) is 29.5 Å². The molecule has 20 heavy (non-hydrogen) atoms. The zero-order chi connectivity index (χ0) is 14.7. The summed E-state index contributed by atoms with van der Waals surface area (Å²) < 4.78 is 5.26. The highest BCUT2D eigenvalue weighted by molar-refractivity contribution is 5.79. The summed E-state index contributed by atoms with van der Waals surface area (Å²) in [7, 11) is 1.67. The van der Waals surface area contributed by atoms with Gasteiger partial charge in [-0.2, -0.15) is 0 Å². The fraction of sp³-hybridized carbons (Fsp3) is 0.588. The first-order valence-corrected chi connectivity index (χ1v) is 7.47. The molecule has 3 nitrogen and oxygen atoms in total. The predicted octanol–water partition coefficient (Wildman–Crippen LogP) is 3.34. The molecule has 2 atom stereocenters. The number of carbonyl (C=O) groups excluding carboxylic acids is 1. The van der Waals surface area contributed by atoms with Crippen LogP contribution in [0, 0.1) is 6.92 Å². The van der Waals surface area contributed by atoms with Crippen LogP contribution in [-0.2, 0) is 11.2 Å². The van der Waals surface area contributed by atoms with Gasteiger partial charge < -0.3 is 9.64 Å². The van der Waals surface area contributed by atoms with Gasteiger partial charge in [-0.15, -0.1) is 0 Å². The second kappa shape index (κ2) is 6.29. The molecule has 1 amide bonds. The number of piperidine rings is 1. The van der Waals surface area contributed by atoms with E-state index >= 15 is 0 Å². The standard InChI is InChI=1S/C17H25NO2/c1-12-10-15(8-9-16(12)20-4)11-17(19)18-13(2)6-5-7-14(18)3/h8-10,13-14H,5-7,11H2,1-4H3. The van der Waals surface area contributed by atoms with E-state index in [2.05, 4.69) is 24.8 Å². The summed E-state index contributed by atoms with van der Waals surface area (Å²) >= 11 is 0. The molecule has 0 bridgehead atoms. The minimum atomic E-state index is 0.245. The fourth-order valence-corrected chi connectivity index (χ4v) is 3.23. The molecule has 1 aromatic carbocycles.